The SMILES string of the molecule is COCC(CCO)NC(=O)c1cc(S)ccc1C. The van der Waals surface area contributed by atoms with Gasteiger partial charge < -0.3 is 15.2 Å². The Kier molecular flexibility index (Phi) is 6.18. The van der Waals surface area contributed by atoms with Crippen LogP contribution in [0.25, 0.3) is 0 Å². The Morgan fingerprint density at radius 3 is 2.89 bits per heavy atom. The zero-order chi connectivity index (χ0) is 13.5. The second-order valence-corrected chi connectivity index (χ2v) is 4.65. The molecule has 1 amide bonds. The first kappa shape index (κ1) is 15.0. The summed E-state index contributed by atoms with van der Waals surface area (Å²) < 4.78 is 5.01. The van der Waals surface area contributed by atoms with Crippen molar-refractivity contribution in [1.82, 2.24) is 5.32 Å². The van der Waals surface area contributed by atoms with E-state index in [-0.39, 0.29) is 18.6 Å². The van der Waals surface area contributed by atoms with E-state index in [4.69, 9.17) is 9.84 Å². The molecule has 1 aromatic carbocycles. The summed E-state index contributed by atoms with van der Waals surface area (Å²) in [4.78, 5) is 12.8. The maximum Gasteiger partial charge on any atom is 0.251 e. The number of ether oxygens (including phenoxy) is 1. The Balaban J connectivity index is 2.76. The van der Waals surface area contributed by atoms with Gasteiger partial charge in [-0.05, 0) is 31.0 Å². The van der Waals surface area contributed by atoms with Crippen LogP contribution in [-0.4, -0.2) is 37.4 Å². The molecule has 0 heterocycles. The monoisotopic (exact) mass is 269 g/mol. The number of aliphatic hydroxyl groups is 1. The molecule has 0 bridgehead atoms. The van der Waals surface area contributed by atoms with Crippen LogP contribution in [0.4, 0.5) is 0 Å². The van der Waals surface area contributed by atoms with E-state index in [1.165, 1.54) is 0 Å². The third-order valence-electron chi connectivity index (χ3n) is 2.65. The van der Waals surface area contributed by atoms with E-state index in [0.717, 1.165) is 10.5 Å². The lowest BCUT2D eigenvalue weighted by Gasteiger charge is -2.17. The van der Waals surface area contributed by atoms with Gasteiger partial charge in [0.15, 0.2) is 0 Å². The molecule has 0 fully saturated rings. The Hall–Kier alpha value is -1.04. The van der Waals surface area contributed by atoms with Crippen LogP contribution in [0.3, 0.4) is 0 Å². The first-order valence-electron chi connectivity index (χ1n) is 5.78. The molecule has 5 heteroatoms. The van der Waals surface area contributed by atoms with E-state index >= 15 is 0 Å². The van der Waals surface area contributed by atoms with Gasteiger partial charge in [0.05, 0.1) is 12.6 Å². The van der Waals surface area contributed by atoms with Crippen molar-refractivity contribution in [3.05, 3.63) is 29.3 Å². The fourth-order valence-corrected chi connectivity index (χ4v) is 1.88. The van der Waals surface area contributed by atoms with Crippen molar-refractivity contribution in [3.63, 3.8) is 0 Å². The Bertz CT molecular complexity index is 403. The van der Waals surface area contributed by atoms with E-state index < -0.39 is 0 Å². The highest BCUT2D eigenvalue weighted by Crippen LogP contribution is 2.14. The van der Waals surface area contributed by atoms with Crippen LogP contribution in [0.1, 0.15) is 22.3 Å². The molecule has 0 aromatic heterocycles. The fraction of sp³-hybridized carbons (Fsp3) is 0.462. The van der Waals surface area contributed by atoms with E-state index in [0.29, 0.717) is 18.6 Å². The van der Waals surface area contributed by atoms with Crippen molar-refractivity contribution < 1.29 is 14.6 Å². The predicted molar refractivity (Wildman–Crippen MR) is 73.3 cm³/mol. The van der Waals surface area contributed by atoms with Crippen LogP contribution in [0.5, 0.6) is 0 Å². The summed E-state index contributed by atoms with van der Waals surface area (Å²) in [5.41, 5.74) is 1.49. The molecule has 100 valence electrons. The third-order valence-corrected chi connectivity index (χ3v) is 2.92. The summed E-state index contributed by atoms with van der Waals surface area (Å²) in [5.74, 6) is -0.168. The van der Waals surface area contributed by atoms with Gasteiger partial charge in [0.1, 0.15) is 0 Å². The number of benzene rings is 1. The summed E-state index contributed by atoms with van der Waals surface area (Å²) in [6, 6.07) is 5.25. The number of hydrogen-bond acceptors (Lipinski definition) is 4. The molecule has 2 N–H and O–H groups in total. The van der Waals surface area contributed by atoms with Crippen LogP contribution >= 0.6 is 12.6 Å². The number of nitrogens with one attached hydrogen (secondary N) is 1. The molecule has 1 aromatic rings. The van der Waals surface area contributed by atoms with Crippen molar-refractivity contribution >= 4 is 18.5 Å². The molecular formula is C13H19NO3S. The molecule has 0 saturated carbocycles. The van der Waals surface area contributed by atoms with E-state index in [9.17, 15) is 4.79 Å². The van der Waals surface area contributed by atoms with Crippen LogP contribution in [-0.2, 0) is 4.74 Å². The number of carbonyl (C=O) groups excluding carboxylic acids is 1. The second-order valence-electron chi connectivity index (χ2n) is 4.14. The standard InChI is InChI=1S/C13H19NO3S/c1-9-3-4-11(18)7-12(9)13(16)14-10(5-6-15)8-17-2/h3-4,7,10,15,18H,5-6,8H2,1-2H3,(H,14,16). The number of rotatable bonds is 6. The minimum atomic E-state index is -0.185. The summed E-state index contributed by atoms with van der Waals surface area (Å²) in [5, 5.41) is 11.8. The average molecular weight is 269 g/mol. The van der Waals surface area contributed by atoms with Gasteiger partial charge >= 0.3 is 0 Å². The van der Waals surface area contributed by atoms with Crippen molar-refractivity contribution in [2.75, 3.05) is 20.3 Å². The lowest BCUT2D eigenvalue weighted by atomic mass is 10.1. The molecule has 0 spiro atoms. The second kappa shape index (κ2) is 7.41. The number of thiol groups is 1. The summed E-state index contributed by atoms with van der Waals surface area (Å²) in [6.45, 7) is 2.27. The Labute approximate surface area is 113 Å². The van der Waals surface area contributed by atoms with E-state index in [1.54, 1.807) is 13.2 Å². The molecule has 1 rings (SSSR count). The number of hydrogen-bond donors (Lipinski definition) is 3. The number of carbonyl (C=O) groups is 1. The first-order chi connectivity index (χ1) is 8.58. The lowest BCUT2D eigenvalue weighted by Crippen LogP contribution is -2.39. The molecule has 1 atom stereocenters. The topological polar surface area (TPSA) is 58.6 Å². The molecular weight excluding hydrogens is 250 g/mol. The van der Waals surface area contributed by atoms with Crippen molar-refractivity contribution in [1.29, 1.82) is 0 Å². The molecule has 1 unspecified atom stereocenters. The zero-order valence-electron chi connectivity index (χ0n) is 10.6. The minimum absolute atomic E-state index is 0.0138. The van der Waals surface area contributed by atoms with Crippen LogP contribution in [0.2, 0.25) is 0 Å². The van der Waals surface area contributed by atoms with Crippen molar-refractivity contribution in [3.8, 4) is 0 Å². The number of aryl methyl sites for hydroxylation is 1. The highest BCUT2D eigenvalue weighted by Gasteiger charge is 2.15. The minimum Gasteiger partial charge on any atom is -0.396 e. The quantitative estimate of drug-likeness (QED) is 0.684. The van der Waals surface area contributed by atoms with Crippen molar-refractivity contribution in [2.24, 2.45) is 0 Å². The van der Waals surface area contributed by atoms with Gasteiger partial charge in [-0.2, -0.15) is 0 Å². The first-order valence-corrected chi connectivity index (χ1v) is 6.23. The van der Waals surface area contributed by atoms with Crippen molar-refractivity contribution in [2.45, 2.75) is 24.3 Å². The maximum absolute atomic E-state index is 12.1. The van der Waals surface area contributed by atoms with Gasteiger partial charge in [0.25, 0.3) is 5.91 Å². The number of amides is 1. The molecule has 0 radical (unpaired) electrons. The molecule has 18 heavy (non-hydrogen) atoms. The van der Waals surface area contributed by atoms with Gasteiger partial charge in [-0.3, -0.25) is 4.79 Å². The van der Waals surface area contributed by atoms with Gasteiger partial charge in [-0.1, -0.05) is 6.07 Å². The van der Waals surface area contributed by atoms with Gasteiger partial charge in [0.2, 0.25) is 0 Å². The zero-order valence-corrected chi connectivity index (χ0v) is 11.5. The smallest absolute Gasteiger partial charge is 0.251 e. The summed E-state index contributed by atoms with van der Waals surface area (Å²) in [7, 11) is 1.57. The number of methoxy groups -OCH3 is 1. The molecule has 0 aliphatic heterocycles. The van der Waals surface area contributed by atoms with Gasteiger partial charge in [0, 0.05) is 24.2 Å². The van der Waals surface area contributed by atoms with Crippen LogP contribution < -0.4 is 5.32 Å². The highest BCUT2D eigenvalue weighted by molar-refractivity contribution is 7.80. The van der Waals surface area contributed by atoms with Gasteiger partial charge in [-0.15, -0.1) is 12.6 Å². The van der Waals surface area contributed by atoms with E-state index in [2.05, 4.69) is 17.9 Å². The Morgan fingerprint density at radius 1 is 1.56 bits per heavy atom. The molecule has 0 aliphatic carbocycles. The van der Waals surface area contributed by atoms with Gasteiger partial charge in [-0.25, -0.2) is 0 Å². The Morgan fingerprint density at radius 2 is 2.28 bits per heavy atom. The fourth-order valence-electron chi connectivity index (χ4n) is 1.67. The average Bonchev–Trinajstić information content (AvgIpc) is 2.33. The van der Waals surface area contributed by atoms with E-state index in [1.807, 2.05) is 19.1 Å². The maximum atomic E-state index is 12.1. The normalized spacial score (nSPS) is 12.2. The molecule has 0 saturated heterocycles. The number of aliphatic hydroxyl groups excluding tert-OH is 1. The van der Waals surface area contributed by atoms with Crippen LogP contribution in [0, 0.1) is 6.92 Å². The largest absolute Gasteiger partial charge is 0.396 e. The summed E-state index contributed by atoms with van der Waals surface area (Å²) >= 11 is 4.22. The lowest BCUT2D eigenvalue weighted by molar-refractivity contribution is 0.0878. The molecule has 0 aliphatic rings. The third kappa shape index (κ3) is 4.33. The van der Waals surface area contributed by atoms with Crippen LogP contribution in [0.15, 0.2) is 23.1 Å². The molecule has 4 nitrogen and oxygen atoms in total. The summed E-state index contributed by atoms with van der Waals surface area (Å²) in [6.07, 6.45) is 0.471. The highest BCUT2D eigenvalue weighted by atomic mass is 32.1. The predicted octanol–water partition coefficient (Wildman–Crippen LogP) is 1.41.